The van der Waals surface area contributed by atoms with Gasteiger partial charge in [0.25, 0.3) is 0 Å². The molecule has 2 aromatic carbocycles. The Morgan fingerprint density at radius 2 is 1.48 bits per heavy atom. The SMILES string of the molecule is Cc1nc(NCCNC(=O)C(c2ccccc2)c2ccccc2)cc(-n2cccc2)n1. The molecule has 0 saturated carbocycles. The Balaban J connectivity index is 1.39. The van der Waals surface area contributed by atoms with Crippen molar-refractivity contribution in [3.05, 3.63) is 108 Å². The Kier molecular flexibility index (Phi) is 6.38. The summed E-state index contributed by atoms with van der Waals surface area (Å²) in [5.74, 6) is 1.85. The zero-order chi connectivity index (χ0) is 21.5. The van der Waals surface area contributed by atoms with Gasteiger partial charge in [-0.15, -0.1) is 0 Å². The largest absolute Gasteiger partial charge is 0.368 e. The number of anilines is 1. The smallest absolute Gasteiger partial charge is 0.232 e. The van der Waals surface area contributed by atoms with E-state index in [-0.39, 0.29) is 11.8 Å². The molecule has 6 heteroatoms. The number of aromatic nitrogens is 3. The number of rotatable bonds is 8. The van der Waals surface area contributed by atoms with Gasteiger partial charge < -0.3 is 15.2 Å². The van der Waals surface area contributed by atoms with Crippen LogP contribution in [0.5, 0.6) is 0 Å². The Morgan fingerprint density at radius 1 is 0.871 bits per heavy atom. The Morgan fingerprint density at radius 3 is 2.10 bits per heavy atom. The van der Waals surface area contributed by atoms with E-state index < -0.39 is 0 Å². The topological polar surface area (TPSA) is 71.8 Å². The van der Waals surface area contributed by atoms with E-state index in [0.717, 1.165) is 22.8 Å². The summed E-state index contributed by atoms with van der Waals surface area (Å²) in [6.07, 6.45) is 3.89. The van der Waals surface area contributed by atoms with Crippen molar-refractivity contribution in [2.45, 2.75) is 12.8 Å². The number of aryl methyl sites for hydroxylation is 1. The van der Waals surface area contributed by atoms with Gasteiger partial charge in [0.2, 0.25) is 5.91 Å². The van der Waals surface area contributed by atoms with Gasteiger partial charge in [-0.3, -0.25) is 4.79 Å². The van der Waals surface area contributed by atoms with Crippen molar-refractivity contribution in [3.8, 4) is 5.82 Å². The van der Waals surface area contributed by atoms with E-state index >= 15 is 0 Å². The summed E-state index contributed by atoms with van der Waals surface area (Å²) in [6, 6.07) is 25.5. The van der Waals surface area contributed by atoms with Crippen LogP contribution in [0.15, 0.2) is 91.3 Å². The first-order valence-corrected chi connectivity index (χ1v) is 10.3. The van der Waals surface area contributed by atoms with Gasteiger partial charge in [0.15, 0.2) is 0 Å². The number of nitrogens with zero attached hydrogens (tertiary/aromatic N) is 3. The summed E-state index contributed by atoms with van der Waals surface area (Å²) in [7, 11) is 0. The van der Waals surface area contributed by atoms with Crippen molar-refractivity contribution in [2.24, 2.45) is 0 Å². The van der Waals surface area contributed by atoms with E-state index in [2.05, 4.69) is 20.6 Å². The van der Waals surface area contributed by atoms with Crippen LogP contribution in [-0.2, 0) is 4.79 Å². The van der Waals surface area contributed by atoms with E-state index in [0.29, 0.717) is 18.9 Å². The van der Waals surface area contributed by atoms with Crippen molar-refractivity contribution in [3.63, 3.8) is 0 Å². The number of carbonyl (C=O) groups is 1. The van der Waals surface area contributed by atoms with Crippen molar-refractivity contribution in [1.82, 2.24) is 19.9 Å². The molecule has 4 rings (SSSR count). The molecule has 1 amide bonds. The molecule has 0 aliphatic heterocycles. The van der Waals surface area contributed by atoms with Gasteiger partial charge in [-0.1, -0.05) is 60.7 Å². The molecule has 0 spiro atoms. The van der Waals surface area contributed by atoms with Crippen LogP contribution in [0.25, 0.3) is 5.82 Å². The maximum absolute atomic E-state index is 13.1. The molecule has 0 unspecified atom stereocenters. The number of amides is 1. The van der Waals surface area contributed by atoms with E-state index in [1.54, 1.807) is 0 Å². The minimum Gasteiger partial charge on any atom is -0.368 e. The van der Waals surface area contributed by atoms with Crippen molar-refractivity contribution >= 4 is 11.7 Å². The highest BCUT2D eigenvalue weighted by Gasteiger charge is 2.21. The quantitative estimate of drug-likeness (QED) is 0.431. The van der Waals surface area contributed by atoms with E-state index in [1.165, 1.54) is 0 Å². The number of nitrogens with one attached hydrogen (secondary N) is 2. The lowest BCUT2D eigenvalue weighted by Gasteiger charge is -2.18. The van der Waals surface area contributed by atoms with Crippen LogP contribution >= 0.6 is 0 Å². The average Bonchev–Trinajstić information content (AvgIpc) is 3.33. The van der Waals surface area contributed by atoms with Crippen LogP contribution in [0.4, 0.5) is 5.82 Å². The molecule has 0 fully saturated rings. The summed E-state index contributed by atoms with van der Waals surface area (Å²) in [5.41, 5.74) is 1.95. The fraction of sp³-hybridized carbons (Fsp3) is 0.160. The van der Waals surface area contributed by atoms with Gasteiger partial charge in [-0.25, -0.2) is 9.97 Å². The van der Waals surface area contributed by atoms with Crippen LogP contribution < -0.4 is 10.6 Å². The molecule has 156 valence electrons. The highest BCUT2D eigenvalue weighted by Crippen LogP contribution is 2.24. The second-order valence-electron chi connectivity index (χ2n) is 7.22. The van der Waals surface area contributed by atoms with Crippen LogP contribution in [0.3, 0.4) is 0 Å². The lowest BCUT2D eigenvalue weighted by atomic mass is 9.90. The average molecular weight is 412 g/mol. The molecule has 4 aromatic rings. The molecule has 2 heterocycles. The zero-order valence-electron chi connectivity index (χ0n) is 17.4. The second-order valence-corrected chi connectivity index (χ2v) is 7.22. The number of hydrogen-bond acceptors (Lipinski definition) is 4. The van der Waals surface area contributed by atoms with Gasteiger partial charge in [-0.05, 0) is 30.2 Å². The van der Waals surface area contributed by atoms with E-state index in [9.17, 15) is 4.79 Å². The maximum Gasteiger partial charge on any atom is 0.232 e. The third kappa shape index (κ3) is 5.17. The number of carbonyl (C=O) groups excluding carboxylic acids is 1. The van der Waals surface area contributed by atoms with Crippen LogP contribution in [0.2, 0.25) is 0 Å². The third-order valence-electron chi connectivity index (χ3n) is 4.95. The van der Waals surface area contributed by atoms with Crippen LogP contribution in [0, 0.1) is 6.92 Å². The summed E-state index contributed by atoms with van der Waals surface area (Å²) < 4.78 is 1.94. The highest BCUT2D eigenvalue weighted by atomic mass is 16.1. The Hall–Kier alpha value is -3.93. The number of benzene rings is 2. The van der Waals surface area contributed by atoms with Gasteiger partial charge in [-0.2, -0.15) is 0 Å². The lowest BCUT2D eigenvalue weighted by Crippen LogP contribution is -2.33. The Labute approximate surface area is 182 Å². The molecule has 31 heavy (non-hydrogen) atoms. The van der Waals surface area contributed by atoms with Crippen LogP contribution in [0.1, 0.15) is 22.9 Å². The minimum atomic E-state index is -0.343. The van der Waals surface area contributed by atoms with E-state index in [1.807, 2.05) is 103 Å². The summed E-state index contributed by atoms with van der Waals surface area (Å²) >= 11 is 0. The molecule has 0 bridgehead atoms. The van der Waals surface area contributed by atoms with Crippen molar-refractivity contribution in [2.75, 3.05) is 18.4 Å². The second kappa shape index (κ2) is 9.71. The molecule has 0 atom stereocenters. The predicted octanol–water partition coefficient (Wildman–Crippen LogP) is 3.94. The normalized spacial score (nSPS) is 10.8. The van der Waals surface area contributed by atoms with Crippen LogP contribution in [-0.4, -0.2) is 33.5 Å². The summed E-state index contributed by atoms with van der Waals surface area (Å²) in [4.78, 5) is 22.0. The standard InChI is InChI=1S/C25H25N5O/c1-19-28-22(18-23(29-19)30-16-8-9-17-30)26-14-15-27-25(31)24(20-10-4-2-5-11-20)21-12-6-3-7-13-21/h2-13,16-18,24H,14-15H2,1H3,(H,27,31)(H,26,28,29). The first-order chi connectivity index (χ1) is 15.2. The lowest BCUT2D eigenvalue weighted by molar-refractivity contribution is -0.121. The first-order valence-electron chi connectivity index (χ1n) is 10.3. The molecular weight excluding hydrogens is 386 g/mol. The third-order valence-corrected chi connectivity index (χ3v) is 4.95. The van der Waals surface area contributed by atoms with E-state index in [4.69, 9.17) is 0 Å². The molecule has 6 nitrogen and oxygen atoms in total. The first kappa shape index (κ1) is 20.3. The molecule has 0 aliphatic rings. The molecule has 0 saturated heterocycles. The zero-order valence-corrected chi connectivity index (χ0v) is 17.4. The summed E-state index contributed by atoms with van der Waals surface area (Å²) in [6.45, 7) is 2.91. The van der Waals surface area contributed by atoms with Gasteiger partial charge >= 0.3 is 0 Å². The molecular formula is C25H25N5O. The number of hydrogen-bond donors (Lipinski definition) is 2. The molecule has 0 radical (unpaired) electrons. The van der Waals surface area contributed by atoms with Crippen molar-refractivity contribution < 1.29 is 4.79 Å². The fourth-order valence-electron chi connectivity index (χ4n) is 3.53. The maximum atomic E-state index is 13.1. The monoisotopic (exact) mass is 411 g/mol. The Bertz CT molecular complexity index is 1070. The summed E-state index contributed by atoms with van der Waals surface area (Å²) in [5, 5.41) is 6.34. The predicted molar refractivity (Wildman–Crippen MR) is 122 cm³/mol. The minimum absolute atomic E-state index is 0.0221. The van der Waals surface area contributed by atoms with Gasteiger partial charge in [0.05, 0.1) is 5.92 Å². The van der Waals surface area contributed by atoms with Gasteiger partial charge in [0, 0.05) is 31.5 Å². The highest BCUT2D eigenvalue weighted by molar-refractivity contribution is 5.87. The molecule has 2 aromatic heterocycles. The fourth-order valence-corrected chi connectivity index (χ4v) is 3.53. The van der Waals surface area contributed by atoms with Gasteiger partial charge in [0.1, 0.15) is 17.5 Å². The molecule has 0 aliphatic carbocycles. The van der Waals surface area contributed by atoms with Crippen molar-refractivity contribution in [1.29, 1.82) is 0 Å². The molecule has 2 N–H and O–H groups in total.